The first kappa shape index (κ1) is 18.3. The van der Waals surface area contributed by atoms with Crippen molar-refractivity contribution < 1.29 is 4.74 Å². The molecule has 2 N–H and O–H groups in total. The summed E-state index contributed by atoms with van der Waals surface area (Å²) >= 11 is 6.17. The van der Waals surface area contributed by atoms with E-state index in [0.717, 1.165) is 47.2 Å². The molecule has 4 heteroatoms. The van der Waals surface area contributed by atoms with Crippen LogP contribution < -0.4 is 15.4 Å². The van der Waals surface area contributed by atoms with Gasteiger partial charge in [-0.3, -0.25) is 0 Å². The molecule has 0 amide bonds. The number of hydrogen-bond donors (Lipinski definition) is 2. The van der Waals surface area contributed by atoms with Gasteiger partial charge in [-0.15, -0.1) is 0 Å². The van der Waals surface area contributed by atoms with Crippen molar-refractivity contribution in [1.29, 1.82) is 0 Å². The minimum Gasteiger partial charge on any atom is -0.487 e. The molecule has 0 saturated heterocycles. The highest BCUT2D eigenvalue weighted by atomic mass is 35.5. The third-order valence-electron chi connectivity index (χ3n) is 4.01. The average Bonchev–Trinajstić information content (AvgIpc) is 2.69. The Morgan fingerprint density at radius 3 is 2.35 bits per heavy atom. The molecule has 134 valence electrons. The Labute approximate surface area is 160 Å². The standard InChI is InChI=1S/C22H23ClN2O/c23-20-11-5-4-10-19(20)16-24-14-15-25-21-12-6-7-13-22(21)26-17-18-8-2-1-3-9-18/h1-13,24-25H,14-17H2. The van der Waals surface area contributed by atoms with E-state index < -0.39 is 0 Å². The van der Waals surface area contributed by atoms with E-state index in [-0.39, 0.29) is 0 Å². The van der Waals surface area contributed by atoms with Gasteiger partial charge in [0.2, 0.25) is 0 Å². The molecule has 26 heavy (non-hydrogen) atoms. The number of hydrogen-bond acceptors (Lipinski definition) is 3. The van der Waals surface area contributed by atoms with Gasteiger partial charge in [0, 0.05) is 24.7 Å². The van der Waals surface area contributed by atoms with Crippen LogP contribution in [0, 0.1) is 0 Å². The molecule has 0 aliphatic heterocycles. The van der Waals surface area contributed by atoms with Gasteiger partial charge in [0.1, 0.15) is 12.4 Å². The van der Waals surface area contributed by atoms with E-state index in [1.807, 2.05) is 66.7 Å². The molecule has 3 aromatic rings. The van der Waals surface area contributed by atoms with Gasteiger partial charge in [0.25, 0.3) is 0 Å². The highest BCUT2D eigenvalue weighted by Crippen LogP contribution is 2.24. The first-order valence-corrected chi connectivity index (χ1v) is 9.14. The number of nitrogens with one attached hydrogen (secondary N) is 2. The second-order valence-corrected chi connectivity index (χ2v) is 6.37. The molecule has 0 radical (unpaired) electrons. The highest BCUT2D eigenvalue weighted by Gasteiger charge is 2.03. The Hall–Kier alpha value is -2.49. The number of anilines is 1. The molecule has 3 rings (SSSR count). The minimum atomic E-state index is 0.560. The van der Waals surface area contributed by atoms with Crippen LogP contribution in [0.15, 0.2) is 78.9 Å². The third-order valence-corrected chi connectivity index (χ3v) is 4.38. The molecule has 0 fully saturated rings. The molecule has 0 unspecified atom stereocenters. The van der Waals surface area contributed by atoms with Gasteiger partial charge < -0.3 is 15.4 Å². The zero-order valence-electron chi connectivity index (χ0n) is 14.6. The number of benzene rings is 3. The molecular formula is C22H23ClN2O. The molecule has 0 aromatic heterocycles. The largest absolute Gasteiger partial charge is 0.487 e. The second kappa shape index (κ2) is 9.85. The maximum Gasteiger partial charge on any atom is 0.142 e. The number of para-hydroxylation sites is 2. The lowest BCUT2D eigenvalue weighted by atomic mass is 10.2. The summed E-state index contributed by atoms with van der Waals surface area (Å²) in [5.74, 6) is 0.863. The maximum absolute atomic E-state index is 6.17. The van der Waals surface area contributed by atoms with Crippen LogP contribution >= 0.6 is 11.6 Å². The molecule has 3 nitrogen and oxygen atoms in total. The molecular weight excluding hydrogens is 344 g/mol. The SMILES string of the molecule is Clc1ccccc1CNCCNc1ccccc1OCc1ccccc1. The first-order chi connectivity index (χ1) is 12.8. The maximum atomic E-state index is 6.17. The Kier molecular flexibility index (Phi) is 6.94. The van der Waals surface area contributed by atoms with Crippen molar-refractivity contribution in [2.45, 2.75) is 13.2 Å². The lowest BCUT2D eigenvalue weighted by Gasteiger charge is -2.14. The zero-order chi connectivity index (χ0) is 18.0. The van der Waals surface area contributed by atoms with Crippen molar-refractivity contribution in [2.24, 2.45) is 0 Å². The topological polar surface area (TPSA) is 33.3 Å². The Bertz CT molecular complexity index is 808. The van der Waals surface area contributed by atoms with E-state index in [1.54, 1.807) is 0 Å². The summed E-state index contributed by atoms with van der Waals surface area (Å²) < 4.78 is 5.96. The van der Waals surface area contributed by atoms with Gasteiger partial charge in [-0.2, -0.15) is 0 Å². The fourth-order valence-corrected chi connectivity index (χ4v) is 2.83. The fourth-order valence-electron chi connectivity index (χ4n) is 2.62. The van der Waals surface area contributed by atoms with Crippen LogP contribution in [0.4, 0.5) is 5.69 Å². The van der Waals surface area contributed by atoms with Crippen LogP contribution in [0.5, 0.6) is 5.75 Å². The van der Waals surface area contributed by atoms with Crippen LogP contribution in [-0.4, -0.2) is 13.1 Å². The quantitative estimate of drug-likeness (QED) is 0.515. The predicted octanol–water partition coefficient (Wildman–Crippen LogP) is 5.12. The normalized spacial score (nSPS) is 10.5. The molecule has 0 aliphatic rings. The molecule has 0 atom stereocenters. The Morgan fingerprint density at radius 2 is 1.50 bits per heavy atom. The number of halogens is 1. The van der Waals surface area contributed by atoms with E-state index >= 15 is 0 Å². The molecule has 0 saturated carbocycles. The van der Waals surface area contributed by atoms with Crippen molar-refractivity contribution in [3.63, 3.8) is 0 Å². The van der Waals surface area contributed by atoms with Crippen molar-refractivity contribution in [3.05, 3.63) is 95.0 Å². The second-order valence-electron chi connectivity index (χ2n) is 5.97. The van der Waals surface area contributed by atoms with Crippen molar-refractivity contribution in [2.75, 3.05) is 18.4 Å². The van der Waals surface area contributed by atoms with Gasteiger partial charge >= 0.3 is 0 Å². The van der Waals surface area contributed by atoms with Crippen molar-refractivity contribution in [3.8, 4) is 5.75 Å². The van der Waals surface area contributed by atoms with E-state index in [4.69, 9.17) is 16.3 Å². The smallest absolute Gasteiger partial charge is 0.142 e. The average molecular weight is 367 g/mol. The van der Waals surface area contributed by atoms with Gasteiger partial charge in [0.05, 0.1) is 5.69 Å². The van der Waals surface area contributed by atoms with E-state index in [9.17, 15) is 0 Å². The Balaban J connectivity index is 1.45. The third kappa shape index (κ3) is 5.51. The predicted molar refractivity (Wildman–Crippen MR) is 109 cm³/mol. The van der Waals surface area contributed by atoms with Gasteiger partial charge in [-0.25, -0.2) is 0 Å². The molecule has 0 aliphatic carbocycles. The van der Waals surface area contributed by atoms with Crippen LogP contribution in [0.2, 0.25) is 5.02 Å². The van der Waals surface area contributed by atoms with E-state index in [0.29, 0.717) is 6.61 Å². The molecule has 3 aromatic carbocycles. The van der Waals surface area contributed by atoms with E-state index in [1.165, 1.54) is 0 Å². The van der Waals surface area contributed by atoms with Gasteiger partial charge in [-0.1, -0.05) is 72.3 Å². The van der Waals surface area contributed by atoms with Crippen LogP contribution in [0.3, 0.4) is 0 Å². The summed E-state index contributed by atoms with van der Waals surface area (Å²) in [4.78, 5) is 0. The summed E-state index contributed by atoms with van der Waals surface area (Å²) in [5, 5.41) is 7.63. The zero-order valence-corrected chi connectivity index (χ0v) is 15.4. The van der Waals surface area contributed by atoms with E-state index in [2.05, 4.69) is 22.8 Å². The lowest BCUT2D eigenvalue weighted by molar-refractivity contribution is 0.307. The lowest BCUT2D eigenvalue weighted by Crippen LogP contribution is -2.22. The van der Waals surface area contributed by atoms with Crippen molar-refractivity contribution >= 4 is 17.3 Å². The highest BCUT2D eigenvalue weighted by molar-refractivity contribution is 6.31. The monoisotopic (exact) mass is 366 g/mol. The summed E-state index contributed by atoms with van der Waals surface area (Å²) in [6, 6.07) is 26.1. The molecule has 0 heterocycles. The van der Waals surface area contributed by atoms with Gasteiger partial charge in [-0.05, 0) is 29.3 Å². The summed E-state index contributed by atoms with van der Waals surface area (Å²) in [7, 11) is 0. The van der Waals surface area contributed by atoms with Gasteiger partial charge in [0.15, 0.2) is 0 Å². The molecule has 0 spiro atoms. The minimum absolute atomic E-state index is 0.560. The van der Waals surface area contributed by atoms with Crippen molar-refractivity contribution in [1.82, 2.24) is 5.32 Å². The summed E-state index contributed by atoms with van der Waals surface area (Å²) in [5.41, 5.74) is 3.27. The number of rotatable bonds is 9. The van der Waals surface area contributed by atoms with Crippen LogP contribution in [-0.2, 0) is 13.2 Å². The van der Waals surface area contributed by atoms with Crippen LogP contribution in [0.1, 0.15) is 11.1 Å². The summed E-state index contributed by atoms with van der Waals surface area (Å²) in [6.45, 7) is 2.95. The Morgan fingerprint density at radius 1 is 0.769 bits per heavy atom. The molecule has 0 bridgehead atoms. The fraction of sp³-hybridized carbons (Fsp3) is 0.182. The number of ether oxygens (including phenoxy) is 1. The van der Waals surface area contributed by atoms with Crippen LogP contribution in [0.25, 0.3) is 0 Å². The first-order valence-electron chi connectivity index (χ1n) is 8.76. The summed E-state index contributed by atoms with van der Waals surface area (Å²) in [6.07, 6.45) is 0.